The van der Waals surface area contributed by atoms with E-state index in [2.05, 4.69) is 36.6 Å². The number of aromatic nitrogens is 4. The maximum atomic E-state index is 12.1. The van der Waals surface area contributed by atoms with E-state index in [1.807, 2.05) is 45.0 Å². The standard InChI is InChI=1S/C15H19BrN4O2/c1-15(2,3)22-13(21)9-11(14-17-19-20-18-14)7-10-5-4-6-12(16)8-10/h4-6,8,11H,7,9H2,1-3H3,(H,17,18,19,20)/t11-/m0/s1. The molecule has 0 unspecified atom stereocenters. The molecule has 1 heterocycles. The van der Waals surface area contributed by atoms with Crippen molar-refractivity contribution >= 4 is 21.9 Å². The van der Waals surface area contributed by atoms with Crippen molar-refractivity contribution in [3.63, 3.8) is 0 Å². The highest BCUT2D eigenvalue weighted by molar-refractivity contribution is 9.10. The van der Waals surface area contributed by atoms with Crippen LogP contribution >= 0.6 is 15.9 Å². The number of esters is 1. The number of aromatic amines is 1. The highest BCUT2D eigenvalue weighted by Crippen LogP contribution is 2.24. The SMILES string of the molecule is CC(C)(C)OC(=O)C[C@H](Cc1cccc(Br)c1)c1nnn[nH]1. The summed E-state index contributed by atoms with van der Waals surface area (Å²) in [4.78, 5) is 12.1. The lowest BCUT2D eigenvalue weighted by molar-refractivity contribution is -0.155. The van der Waals surface area contributed by atoms with Gasteiger partial charge in [-0.05, 0) is 55.3 Å². The average Bonchev–Trinajstić information content (AvgIpc) is 2.89. The van der Waals surface area contributed by atoms with E-state index < -0.39 is 5.60 Å². The molecule has 118 valence electrons. The van der Waals surface area contributed by atoms with E-state index in [0.717, 1.165) is 10.0 Å². The Kier molecular flexibility index (Phi) is 5.28. The van der Waals surface area contributed by atoms with Gasteiger partial charge in [-0.2, -0.15) is 0 Å². The number of hydrogen-bond donors (Lipinski definition) is 1. The molecule has 1 atom stereocenters. The smallest absolute Gasteiger partial charge is 0.307 e. The molecule has 2 rings (SSSR count). The molecular weight excluding hydrogens is 348 g/mol. The van der Waals surface area contributed by atoms with Crippen LogP contribution in [0.15, 0.2) is 28.7 Å². The Balaban J connectivity index is 2.12. The topological polar surface area (TPSA) is 80.8 Å². The third-order valence-corrected chi connectivity index (χ3v) is 3.45. The van der Waals surface area contributed by atoms with Gasteiger partial charge in [0, 0.05) is 10.4 Å². The van der Waals surface area contributed by atoms with Gasteiger partial charge in [-0.25, -0.2) is 5.10 Å². The summed E-state index contributed by atoms with van der Waals surface area (Å²) in [7, 11) is 0. The number of carbonyl (C=O) groups is 1. The molecule has 0 spiro atoms. The van der Waals surface area contributed by atoms with E-state index in [4.69, 9.17) is 4.74 Å². The second kappa shape index (κ2) is 7.00. The highest BCUT2D eigenvalue weighted by Gasteiger charge is 2.24. The summed E-state index contributed by atoms with van der Waals surface area (Å²) in [5.74, 6) is 0.175. The van der Waals surface area contributed by atoms with E-state index in [0.29, 0.717) is 12.2 Å². The molecule has 0 saturated carbocycles. The van der Waals surface area contributed by atoms with Crippen LogP contribution in [0, 0.1) is 0 Å². The zero-order valence-electron chi connectivity index (χ0n) is 12.8. The van der Waals surface area contributed by atoms with Gasteiger partial charge in [-0.15, -0.1) is 5.10 Å². The van der Waals surface area contributed by atoms with Crippen molar-refractivity contribution in [2.75, 3.05) is 0 Å². The number of nitrogens with zero attached hydrogens (tertiary/aromatic N) is 3. The molecule has 22 heavy (non-hydrogen) atoms. The fourth-order valence-electron chi connectivity index (χ4n) is 2.14. The zero-order chi connectivity index (χ0) is 16.2. The number of benzene rings is 1. The lowest BCUT2D eigenvalue weighted by Crippen LogP contribution is -2.25. The lowest BCUT2D eigenvalue weighted by atomic mass is 9.95. The monoisotopic (exact) mass is 366 g/mol. The number of halogens is 1. The lowest BCUT2D eigenvalue weighted by Gasteiger charge is -2.21. The summed E-state index contributed by atoms with van der Waals surface area (Å²) < 4.78 is 6.39. The zero-order valence-corrected chi connectivity index (χ0v) is 14.4. The first kappa shape index (κ1) is 16.6. The van der Waals surface area contributed by atoms with Crippen LogP contribution in [0.25, 0.3) is 0 Å². The minimum absolute atomic E-state index is 0.154. The Morgan fingerprint density at radius 3 is 2.77 bits per heavy atom. The molecule has 0 aliphatic rings. The van der Waals surface area contributed by atoms with Crippen molar-refractivity contribution in [2.45, 2.75) is 45.1 Å². The predicted octanol–water partition coefficient (Wildman–Crippen LogP) is 3.02. The summed E-state index contributed by atoms with van der Waals surface area (Å²) in [6, 6.07) is 7.95. The van der Waals surface area contributed by atoms with Gasteiger partial charge >= 0.3 is 5.97 Å². The second-order valence-electron chi connectivity index (χ2n) is 6.11. The van der Waals surface area contributed by atoms with Crippen molar-refractivity contribution in [1.29, 1.82) is 0 Å². The van der Waals surface area contributed by atoms with Crippen LogP contribution in [0.3, 0.4) is 0 Å². The van der Waals surface area contributed by atoms with Crippen molar-refractivity contribution in [2.24, 2.45) is 0 Å². The number of carbonyl (C=O) groups excluding carboxylic acids is 1. The molecule has 2 aromatic rings. The van der Waals surface area contributed by atoms with Crippen LogP contribution in [0.1, 0.15) is 44.5 Å². The first-order valence-electron chi connectivity index (χ1n) is 7.03. The first-order chi connectivity index (χ1) is 10.3. The molecule has 0 aliphatic heterocycles. The minimum Gasteiger partial charge on any atom is -0.460 e. The molecule has 0 amide bonds. The molecule has 0 fully saturated rings. The van der Waals surface area contributed by atoms with Gasteiger partial charge in [0.05, 0.1) is 6.42 Å². The van der Waals surface area contributed by atoms with Gasteiger partial charge < -0.3 is 4.74 Å². The Morgan fingerprint density at radius 1 is 1.41 bits per heavy atom. The van der Waals surface area contributed by atoms with Crippen LogP contribution in [-0.4, -0.2) is 32.2 Å². The van der Waals surface area contributed by atoms with Gasteiger partial charge in [0.15, 0.2) is 5.82 Å². The van der Waals surface area contributed by atoms with Crippen molar-refractivity contribution in [3.8, 4) is 0 Å². The van der Waals surface area contributed by atoms with E-state index in [9.17, 15) is 4.79 Å². The van der Waals surface area contributed by atoms with Crippen LogP contribution in [0.4, 0.5) is 0 Å². The molecule has 6 nitrogen and oxygen atoms in total. The van der Waals surface area contributed by atoms with Crippen LogP contribution in [0.2, 0.25) is 0 Å². The normalized spacial score (nSPS) is 12.9. The molecule has 0 aliphatic carbocycles. The molecule has 1 aromatic heterocycles. The highest BCUT2D eigenvalue weighted by atomic mass is 79.9. The van der Waals surface area contributed by atoms with Gasteiger partial charge in [-0.3, -0.25) is 4.79 Å². The maximum absolute atomic E-state index is 12.1. The number of ether oxygens (including phenoxy) is 1. The number of tetrazole rings is 1. The van der Waals surface area contributed by atoms with Gasteiger partial charge in [0.1, 0.15) is 5.60 Å². The fraction of sp³-hybridized carbons (Fsp3) is 0.467. The summed E-state index contributed by atoms with van der Waals surface area (Å²) in [5.41, 5.74) is 0.594. The first-order valence-corrected chi connectivity index (χ1v) is 7.83. The van der Waals surface area contributed by atoms with Gasteiger partial charge in [-0.1, -0.05) is 28.1 Å². The Labute approximate surface area is 137 Å². The van der Waals surface area contributed by atoms with E-state index >= 15 is 0 Å². The Hall–Kier alpha value is -1.76. The maximum Gasteiger partial charge on any atom is 0.307 e. The van der Waals surface area contributed by atoms with Crippen molar-refractivity contribution in [3.05, 3.63) is 40.1 Å². The molecule has 7 heteroatoms. The number of nitrogens with one attached hydrogen (secondary N) is 1. The molecule has 0 bridgehead atoms. The summed E-state index contributed by atoms with van der Waals surface area (Å²) >= 11 is 3.45. The second-order valence-corrected chi connectivity index (χ2v) is 7.02. The summed E-state index contributed by atoms with van der Waals surface area (Å²) in [6.45, 7) is 5.55. The van der Waals surface area contributed by atoms with Crippen molar-refractivity contribution < 1.29 is 9.53 Å². The number of H-pyrrole nitrogens is 1. The van der Waals surface area contributed by atoms with Crippen LogP contribution < -0.4 is 0 Å². The quantitative estimate of drug-likeness (QED) is 0.822. The average molecular weight is 367 g/mol. The van der Waals surface area contributed by atoms with Gasteiger partial charge in [0.25, 0.3) is 0 Å². The summed E-state index contributed by atoms with van der Waals surface area (Å²) in [6.07, 6.45) is 0.871. The Morgan fingerprint density at radius 2 is 2.18 bits per heavy atom. The predicted molar refractivity (Wildman–Crippen MR) is 85.2 cm³/mol. The number of rotatable bonds is 5. The third kappa shape index (κ3) is 5.22. The van der Waals surface area contributed by atoms with Crippen LogP contribution in [0.5, 0.6) is 0 Å². The minimum atomic E-state index is -0.503. The molecule has 0 saturated heterocycles. The van der Waals surface area contributed by atoms with Crippen LogP contribution in [-0.2, 0) is 16.0 Å². The van der Waals surface area contributed by atoms with Crippen molar-refractivity contribution in [1.82, 2.24) is 20.6 Å². The molecule has 1 aromatic carbocycles. The summed E-state index contributed by atoms with van der Waals surface area (Å²) in [5, 5.41) is 13.9. The third-order valence-electron chi connectivity index (χ3n) is 2.95. The molecule has 1 N–H and O–H groups in total. The molecule has 0 radical (unpaired) electrons. The van der Waals surface area contributed by atoms with E-state index in [1.165, 1.54) is 0 Å². The fourth-order valence-corrected chi connectivity index (χ4v) is 2.58. The molecular formula is C15H19BrN4O2. The largest absolute Gasteiger partial charge is 0.460 e. The van der Waals surface area contributed by atoms with E-state index in [1.54, 1.807) is 0 Å². The Bertz CT molecular complexity index is 623. The van der Waals surface area contributed by atoms with Gasteiger partial charge in [0.2, 0.25) is 0 Å². The van der Waals surface area contributed by atoms with E-state index in [-0.39, 0.29) is 18.3 Å². The number of hydrogen-bond acceptors (Lipinski definition) is 5.